The minimum Gasteiger partial charge on any atom is -0.465 e. The molecule has 1 heterocycles. The lowest BCUT2D eigenvalue weighted by Crippen LogP contribution is -2.37. The number of hydrogen-bond acceptors (Lipinski definition) is 5. The van der Waals surface area contributed by atoms with Crippen LogP contribution < -0.4 is 10.0 Å². The van der Waals surface area contributed by atoms with Crippen LogP contribution in [0.15, 0.2) is 24.3 Å². The van der Waals surface area contributed by atoms with E-state index in [-0.39, 0.29) is 24.2 Å². The van der Waals surface area contributed by atoms with Gasteiger partial charge in [0.25, 0.3) is 0 Å². The number of ether oxygens (including phenoxy) is 1. The Kier molecular flexibility index (Phi) is 7.28. The molecule has 124 valence electrons. The molecule has 0 aliphatic carbocycles. The van der Waals surface area contributed by atoms with E-state index in [9.17, 15) is 13.2 Å². The summed E-state index contributed by atoms with van der Waals surface area (Å²) in [6, 6.07) is 6.67. The molecule has 8 heteroatoms. The van der Waals surface area contributed by atoms with Gasteiger partial charge in [-0.3, -0.25) is 0 Å². The van der Waals surface area contributed by atoms with Crippen LogP contribution in [-0.4, -0.2) is 40.6 Å². The smallest absolute Gasteiger partial charge is 0.337 e. The lowest BCUT2D eigenvalue weighted by atomic mass is 10.1. The van der Waals surface area contributed by atoms with Crippen molar-refractivity contribution in [3.05, 3.63) is 35.4 Å². The lowest BCUT2D eigenvalue weighted by molar-refractivity contribution is 0.0600. The van der Waals surface area contributed by atoms with Gasteiger partial charge >= 0.3 is 5.97 Å². The van der Waals surface area contributed by atoms with Crippen LogP contribution in [0, 0.1) is 0 Å². The van der Waals surface area contributed by atoms with Crippen molar-refractivity contribution in [3.8, 4) is 0 Å². The summed E-state index contributed by atoms with van der Waals surface area (Å²) in [5.41, 5.74) is 0.910. The standard InChI is InChI=1S/C14H20N2O4S.ClH/c1-20-14(17)12-5-2-4-11(8-12)10-21(18,19)16-9-13-6-3-7-15-13;/h2,4-5,8,13,15-16H,3,6-7,9-10H2,1H3;1H. The quantitative estimate of drug-likeness (QED) is 0.751. The van der Waals surface area contributed by atoms with Crippen LogP contribution in [0.1, 0.15) is 28.8 Å². The molecule has 1 fully saturated rings. The summed E-state index contributed by atoms with van der Waals surface area (Å²) in [6.07, 6.45) is 2.06. The molecule has 2 N–H and O–H groups in total. The highest BCUT2D eigenvalue weighted by atomic mass is 35.5. The van der Waals surface area contributed by atoms with Crippen LogP contribution in [0.4, 0.5) is 0 Å². The molecule has 2 rings (SSSR count). The molecule has 22 heavy (non-hydrogen) atoms. The molecule has 1 aliphatic rings. The minimum atomic E-state index is -3.41. The molecule has 1 atom stereocenters. The third kappa shape index (κ3) is 5.57. The van der Waals surface area contributed by atoms with Crippen molar-refractivity contribution in [2.45, 2.75) is 24.6 Å². The monoisotopic (exact) mass is 348 g/mol. The van der Waals surface area contributed by atoms with Crippen molar-refractivity contribution in [3.63, 3.8) is 0 Å². The van der Waals surface area contributed by atoms with Crippen LogP contribution in [0.2, 0.25) is 0 Å². The second-order valence-corrected chi connectivity index (χ2v) is 6.90. The Morgan fingerprint density at radius 2 is 2.23 bits per heavy atom. The van der Waals surface area contributed by atoms with Gasteiger partial charge in [0, 0.05) is 12.6 Å². The molecule has 1 aromatic carbocycles. The van der Waals surface area contributed by atoms with E-state index < -0.39 is 16.0 Å². The number of carbonyl (C=O) groups excluding carboxylic acids is 1. The molecule has 0 spiro atoms. The average molecular weight is 349 g/mol. The Morgan fingerprint density at radius 3 is 2.86 bits per heavy atom. The first kappa shape index (κ1) is 18.9. The second-order valence-electron chi connectivity index (χ2n) is 5.09. The fourth-order valence-electron chi connectivity index (χ4n) is 2.33. The molecule has 1 unspecified atom stereocenters. The van der Waals surface area contributed by atoms with E-state index in [1.807, 2.05) is 0 Å². The topological polar surface area (TPSA) is 84.5 Å². The number of hydrogen-bond donors (Lipinski definition) is 2. The summed E-state index contributed by atoms with van der Waals surface area (Å²) < 4.78 is 31.3. The van der Waals surface area contributed by atoms with E-state index in [0.29, 0.717) is 17.7 Å². The SMILES string of the molecule is COC(=O)c1cccc(CS(=O)(=O)NCC2CCCN2)c1.Cl. The van der Waals surface area contributed by atoms with Crippen molar-refractivity contribution < 1.29 is 17.9 Å². The molecular formula is C14H21ClN2O4S. The van der Waals surface area contributed by atoms with Crippen LogP contribution >= 0.6 is 12.4 Å². The number of methoxy groups -OCH3 is 1. The van der Waals surface area contributed by atoms with Gasteiger partial charge in [0.15, 0.2) is 0 Å². The van der Waals surface area contributed by atoms with Gasteiger partial charge in [-0.2, -0.15) is 0 Å². The van der Waals surface area contributed by atoms with Gasteiger partial charge in [-0.05, 0) is 37.1 Å². The van der Waals surface area contributed by atoms with Crippen molar-refractivity contribution in [2.75, 3.05) is 20.2 Å². The zero-order chi connectivity index (χ0) is 15.3. The largest absolute Gasteiger partial charge is 0.465 e. The predicted molar refractivity (Wildman–Crippen MR) is 86.7 cm³/mol. The van der Waals surface area contributed by atoms with Gasteiger partial charge in [0.1, 0.15) is 0 Å². The van der Waals surface area contributed by atoms with Gasteiger partial charge in [0.05, 0.1) is 18.4 Å². The number of esters is 1. The Morgan fingerprint density at radius 1 is 1.45 bits per heavy atom. The zero-order valence-corrected chi connectivity index (χ0v) is 14.0. The van der Waals surface area contributed by atoms with Crippen LogP contribution in [0.3, 0.4) is 0 Å². The predicted octanol–water partition coefficient (Wildman–Crippen LogP) is 1.07. The van der Waals surface area contributed by atoms with E-state index in [1.165, 1.54) is 7.11 Å². The number of carbonyl (C=O) groups is 1. The second kappa shape index (κ2) is 8.47. The number of rotatable bonds is 6. The maximum atomic E-state index is 12.1. The molecule has 6 nitrogen and oxygen atoms in total. The maximum absolute atomic E-state index is 12.1. The van der Waals surface area contributed by atoms with Crippen molar-refractivity contribution in [2.24, 2.45) is 0 Å². The van der Waals surface area contributed by atoms with E-state index in [2.05, 4.69) is 14.8 Å². The summed E-state index contributed by atoms with van der Waals surface area (Å²) in [7, 11) is -2.12. The van der Waals surface area contributed by atoms with Gasteiger partial charge in [-0.15, -0.1) is 12.4 Å². The van der Waals surface area contributed by atoms with Gasteiger partial charge in [-0.1, -0.05) is 12.1 Å². The maximum Gasteiger partial charge on any atom is 0.337 e. The summed E-state index contributed by atoms with van der Waals surface area (Å²) in [5, 5.41) is 3.24. The third-order valence-corrected chi connectivity index (χ3v) is 4.74. The lowest BCUT2D eigenvalue weighted by Gasteiger charge is -2.12. The number of nitrogens with one attached hydrogen (secondary N) is 2. The van der Waals surface area contributed by atoms with E-state index in [4.69, 9.17) is 0 Å². The summed E-state index contributed by atoms with van der Waals surface area (Å²) in [4.78, 5) is 11.4. The summed E-state index contributed by atoms with van der Waals surface area (Å²) in [6.45, 7) is 1.34. The summed E-state index contributed by atoms with van der Waals surface area (Å²) >= 11 is 0. The van der Waals surface area contributed by atoms with Crippen molar-refractivity contribution in [1.82, 2.24) is 10.0 Å². The Bertz CT molecular complexity index is 601. The molecule has 1 aliphatic heterocycles. The zero-order valence-electron chi connectivity index (χ0n) is 12.4. The molecule has 1 saturated heterocycles. The van der Waals surface area contributed by atoms with Gasteiger partial charge < -0.3 is 10.1 Å². The van der Waals surface area contributed by atoms with Crippen LogP contribution in [-0.2, 0) is 20.5 Å². The number of halogens is 1. The van der Waals surface area contributed by atoms with Crippen molar-refractivity contribution >= 4 is 28.4 Å². The summed E-state index contributed by atoms with van der Waals surface area (Å²) in [5.74, 6) is -0.623. The van der Waals surface area contributed by atoms with Crippen LogP contribution in [0.5, 0.6) is 0 Å². The first-order valence-electron chi connectivity index (χ1n) is 6.88. The van der Waals surface area contributed by atoms with E-state index in [0.717, 1.165) is 19.4 Å². The molecule has 0 radical (unpaired) electrons. The molecule has 0 aromatic heterocycles. The van der Waals surface area contributed by atoms with Gasteiger partial charge in [0.2, 0.25) is 10.0 Å². The Balaban J connectivity index is 0.00000242. The highest BCUT2D eigenvalue weighted by molar-refractivity contribution is 7.88. The normalized spacial score (nSPS) is 17.8. The highest BCUT2D eigenvalue weighted by Crippen LogP contribution is 2.10. The molecule has 0 amide bonds. The molecular weight excluding hydrogens is 328 g/mol. The minimum absolute atomic E-state index is 0. The van der Waals surface area contributed by atoms with Gasteiger partial charge in [-0.25, -0.2) is 17.9 Å². The number of sulfonamides is 1. The third-order valence-electron chi connectivity index (χ3n) is 3.42. The molecule has 1 aromatic rings. The Hall–Kier alpha value is -1.15. The molecule has 0 saturated carbocycles. The van der Waals surface area contributed by atoms with E-state index in [1.54, 1.807) is 24.3 Å². The average Bonchev–Trinajstić information content (AvgIpc) is 2.97. The first-order chi connectivity index (χ1) is 10.00. The van der Waals surface area contributed by atoms with E-state index >= 15 is 0 Å². The Labute approximate surface area is 137 Å². The first-order valence-corrected chi connectivity index (χ1v) is 8.53. The fourth-order valence-corrected chi connectivity index (χ4v) is 3.51. The molecule has 0 bridgehead atoms. The number of benzene rings is 1. The van der Waals surface area contributed by atoms with Crippen LogP contribution in [0.25, 0.3) is 0 Å². The fraction of sp³-hybridized carbons (Fsp3) is 0.500. The van der Waals surface area contributed by atoms with Crippen molar-refractivity contribution in [1.29, 1.82) is 0 Å². The highest BCUT2D eigenvalue weighted by Gasteiger charge is 2.18.